The molecule has 1 aliphatic rings. The Bertz CT molecular complexity index is 211. The van der Waals surface area contributed by atoms with E-state index in [9.17, 15) is 0 Å². The lowest BCUT2D eigenvalue weighted by molar-refractivity contribution is -0.137. The van der Waals surface area contributed by atoms with Gasteiger partial charge in [-0.1, -0.05) is 0 Å². The summed E-state index contributed by atoms with van der Waals surface area (Å²) in [7, 11) is 0. The topological polar surface area (TPSA) is 68.9 Å². The molecule has 0 atom stereocenters. The average Bonchev–Trinajstić information content (AvgIpc) is 3.02. The Morgan fingerprint density at radius 3 is 2.50 bits per heavy atom. The fourth-order valence-electron chi connectivity index (χ4n) is 1.36. The van der Waals surface area contributed by atoms with Gasteiger partial charge in [-0.05, 0) is 26.7 Å². The van der Waals surface area contributed by atoms with Gasteiger partial charge in [-0.2, -0.15) is 0 Å². The van der Waals surface area contributed by atoms with Gasteiger partial charge in [0.25, 0.3) is 0 Å². The summed E-state index contributed by atoms with van der Waals surface area (Å²) in [6.45, 7) is 5.86. The van der Waals surface area contributed by atoms with Crippen LogP contribution in [0.4, 0.5) is 0 Å². The second kappa shape index (κ2) is 7.46. The molecule has 0 amide bonds. The third-order valence-electron chi connectivity index (χ3n) is 2.28. The number of nitrogens with one attached hydrogen (secondary N) is 1. The maximum atomic E-state index is 5.71. The Morgan fingerprint density at radius 1 is 1.38 bits per heavy atom. The van der Waals surface area contributed by atoms with Crippen molar-refractivity contribution in [1.29, 1.82) is 0 Å². The van der Waals surface area contributed by atoms with Gasteiger partial charge in [-0.25, -0.2) is 0 Å². The Labute approximate surface area is 97.4 Å². The van der Waals surface area contributed by atoms with Gasteiger partial charge < -0.3 is 20.5 Å². The maximum absolute atomic E-state index is 5.71. The minimum absolute atomic E-state index is 0.160. The molecule has 3 N–H and O–H groups in total. The molecule has 5 heteroatoms. The average molecular weight is 229 g/mol. The van der Waals surface area contributed by atoms with Crippen LogP contribution < -0.4 is 11.1 Å². The summed E-state index contributed by atoms with van der Waals surface area (Å²) in [5.74, 6) is 0.536. The van der Waals surface area contributed by atoms with Gasteiger partial charge >= 0.3 is 0 Å². The van der Waals surface area contributed by atoms with Gasteiger partial charge in [0.1, 0.15) is 0 Å². The summed E-state index contributed by atoms with van der Waals surface area (Å²) in [5.41, 5.74) is 5.71. The minimum Gasteiger partial charge on any atom is -0.370 e. The number of hydrogen-bond donors (Lipinski definition) is 2. The van der Waals surface area contributed by atoms with Crippen LogP contribution in [0, 0.1) is 0 Å². The molecule has 94 valence electrons. The molecule has 0 aromatic rings. The maximum Gasteiger partial charge on any atom is 0.188 e. The van der Waals surface area contributed by atoms with Gasteiger partial charge in [0.15, 0.2) is 12.2 Å². The Kier molecular flexibility index (Phi) is 6.18. The van der Waals surface area contributed by atoms with Gasteiger partial charge in [-0.15, -0.1) is 0 Å². The van der Waals surface area contributed by atoms with E-state index in [1.54, 1.807) is 0 Å². The molecular weight excluding hydrogens is 206 g/mol. The van der Waals surface area contributed by atoms with Crippen LogP contribution in [0.2, 0.25) is 0 Å². The van der Waals surface area contributed by atoms with Crippen LogP contribution in [0.5, 0.6) is 0 Å². The molecule has 0 aromatic heterocycles. The predicted octanol–water partition coefficient (Wildman–Crippen LogP) is 0.842. The summed E-state index contributed by atoms with van der Waals surface area (Å²) < 4.78 is 10.8. The third-order valence-corrected chi connectivity index (χ3v) is 2.28. The Morgan fingerprint density at radius 2 is 2.00 bits per heavy atom. The first kappa shape index (κ1) is 13.3. The zero-order valence-corrected chi connectivity index (χ0v) is 10.2. The number of rotatable bonds is 8. The van der Waals surface area contributed by atoms with E-state index in [1.165, 1.54) is 12.8 Å². The number of nitrogens with two attached hydrogens (primary N) is 1. The molecule has 1 saturated carbocycles. The smallest absolute Gasteiger partial charge is 0.188 e. The van der Waals surface area contributed by atoms with Crippen LogP contribution >= 0.6 is 0 Å². The fraction of sp³-hybridized carbons (Fsp3) is 0.909. The van der Waals surface area contributed by atoms with Crippen molar-refractivity contribution in [2.45, 2.75) is 45.4 Å². The van der Waals surface area contributed by atoms with E-state index >= 15 is 0 Å². The minimum atomic E-state index is -0.160. The normalized spacial score (nSPS) is 16.8. The van der Waals surface area contributed by atoms with Crippen LogP contribution in [0.1, 0.15) is 33.1 Å². The van der Waals surface area contributed by atoms with Crippen molar-refractivity contribution in [3.8, 4) is 0 Å². The standard InChI is InChI=1S/C11H23N3O2/c1-3-15-10(16-4-2)7-8-13-11(12)14-9-5-6-9/h9-10H,3-8H2,1-2H3,(H3,12,13,14). The van der Waals surface area contributed by atoms with Crippen molar-refractivity contribution in [2.24, 2.45) is 10.7 Å². The molecule has 1 rings (SSSR count). The molecule has 0 saturated heterocycles. The molecular formula is C11H23N3O2. The first-order chi connectivity index (χ1) is 7.76. The molecule has 1 aliphatic carbocycles. The first-order valence-corrected chi connectivity index (χ1v) is 6.05. The van der Waals surface area contributed by atoms with Crippen molar-refractivity contribution in [3.63, 3.8) is 0 Å². The summed E-state index contributed by atoms with van der Waals surface area (Å²) in [6.07, 6.45) is 3.00. The summed E-state index contributed by atoms with van der Waals surface area (Å²) in [4.78, 5) is 4.23. The molecule has 0 heterocycles. The van der Waals surface area contributed by atoms with E-state index in [2.05, 4.69) is 10.3 Å². The van der Waals surface area contributed by atoms with Crippen LogP contribution in [0.3, 0.4) is 0 Å². The molecule has 0 bridgehead atoms. The van der Waals surface area contributed by atoms with E-state index in [0.29, 0.717) is 31.8 Å². The molecule has 5 nitrogen and oxygen atoms in total. The molecule has 1 fully saturated rings. The van der Waals surface area contributed by atoms with Gasteiger partial charge in [-0.3, -0.25) is 4.99 Å². The summed E-state index contributed by atoms with van der Waals surface area (Å²) in [6, 6.07) is 0.554. The van der Waals surface area contributed by atoms with Gasteiger partial charge in [0.2, 0.25) is 0 Å². The van der Waals surface area contributed by atoms with Crippen molar-refractivity contribution >= 4 is 5.96 Å². The van der Waals surface area contributed by atoms with E-state index in [1.807, 2.05) is 13.8 Å². The number of guanidine groups is 1. The number of ether oxygens (including phenoxy) is 2. The highest BCUT2D eigenvalue weighted by Crippen LogP contribution is 2.17. The molecule has 0 spiro atoms. The van der Waals surface area contributed by atoms with Crippen LogP contribution in [-0.4, -0.2) is 38.0 Å². The number of aliphatic imine (C=N–C) groups is 1. The lowest BCUT2D eigenvalue weighted by Gasteiger charge is -2.15. The molecule has 0 aliphatic heterocycles. The fourth-order valence-corrected chi connectivity index (χ4v) is 1.36. The monoisotopic (exact) mass is 229 g/mol. The van der Waals surface area contributed by atoms with Crippen molar-refractivity contribution in [1.82, 2.24) is 5.32 Å². The van der Waals surface area contributed by atoms with E-state index < -0.39 is 0 Å². The summed E-state index contributed by atoms with van der Waals surface area (Å²) in [5, 5.41) is 3.14. The van der Waals surface area contributed by atoms with Crippen LogP contribution in [0.15, 0.2) is 4.99 Å². The zero-order chi connectivity index (χ0) is 11.8. The first-order valence-electron chi connectivity index (χ1n) is 6.05. The molecule has 0 unspecified atom stereocenters. The van der Waals surface area contributed by atoms with Crippen molar-refractivity contribution in [3.05, 3.63) is 0 Å². The van der Waals surface area contributed by atoms with Gasteiger partial charge in [0, 0.05) is 32.2 Å². The van der Waals surface area contributed by atoms with E-state index in [-0.39, 0.29) is 6.29 Å². The largest absolute Gasteiger partial charge is 0.370 e. The summed E-state index contributed by atoms with van der Waals surface area (Å²) >= 11 is 0. The van der Waals surface area contributed by atoms with E-state index in [0.717, 1.165) is 6.42 Å². The van der Waals surface area contributed by atoms with Crippen LogP contribution in [-0.2, 0) is 9.47 Å². The SMILES string of the molecule is CCOC(CCN=C(N)NC1CC1)OCC. The highest BCUT2D eigenvalue weighted by atomic mass is 16.7. The van der Waals surface area contributed by atoms with Gasteiger partial charge in [0.05, 0.1) is 0 Å². The quantitative estimate of drug-likeness (QED) is 0.368. The zero-order valence-electron chi connectivity index (χ0n) is 10.2. The molecule has 0 radical (unpaired) electrons. The Hall–Kier alpha value is -0.810. The predicted molar refractivity (Wildman–Crippen MR) is 64.3 cm³/mol. The van der Waals surface area contributed by atoms with Crippen LogP contribution in [0.25, 0.3) is 0 Å². The third kappa shape index (κ3) is 5.92. The van der Waals surface area contributed by atoms with Crippen molar-refractivity contribution < 1.29 is 9.47 Å². The highest BCUT2D eigenvalue weighted by Gasteiger charge is 2.21. The number of hydrogen-bond acceptors (Lipinski definition) is 3. The number of nitrogens with zero attached hydrogens (tertiary/aromatic N) is 1. The highest BCUT2D eigenvalue weighted by molar-refractivity contribution is 5.78. The second-order valence-corrected chi connectivity index (χ2v) is 3.81. The lowest BCUT2D eigenvalue weighted by Crippen LogP contribution is -2.33. The Balaban J connectivity index is 2.13. The molecule has 16 heavy (non-hydrogen) atoms. The van der Waals surface area contributed by atoms with E-state index in [4.69, 9.17) is 15.2 Å². The lowest BCUT2D eigenvalue weighted by atomic mass is 10.4. The second-order valence-electron chi connectivity index (χ2n) is 3.81. The molecule has 0 aromatic carbocycles. The van der Waals surface area contributed by atoms with Crippen molar-refractivity contribution in [2.75, 3.05) is 19.8 Å².